The van der Waals surface area contributed by atoms with Crippen LogP contribution in [-0.2, 0) is 6.54 Å². The molecule has 4 aromatic rings. The molecule has 172 valence electrons. The molecule has 1 aliphatic rings. The van der Waals surface area contributed by atoms with Crippen LogP contribution in [0.25, 0.3) is 28.2 Å². The average molecular weight is 444 g/mol. The normalized spacial score (nSPS) is 14.1. The first-order valence-electron chi connectivity index (χ1n) is 11.8. The van der Waals surface area contributed by atoms with Crippen molar-refractivity contribution in [2.75, 3.05) is 31.9 Å². The number of nitrogens with one attached hydrogen (secondary N) is 1. The predicted molar refractivity (Wildman–Crippen MR) is 135 cm³/mol. The second-order valence-corrected chi connectivity index (χ2v) is 8.25. The minimum absolute atomic E-state index is 0.458. The number of hydrogen-bond acceptors (Lipinski definition) is 6. The quantitative estimate of drug-likeness (QED) is 0.479. The number of fused-ring (bicyclic) bond motifs is 1. The van der Waals surface area contributed by atoms with Gasteiger partial charge in [0.05, 0.1) is 5.56 Å². The van der Waals surface area contributed by atoms with E-state index in [1.807, 2.05) is 24.3 Å². The number of hydrogen-bond donors (Lipinski definition) is 2. The van der Waals surface area contributed by atoms with Crippen LogP contribution in [0, 0.1) is 0 Å². The summed E-state index contributed by atoms with van der Waals surface area (Å²) in [7, 11) is 0. The highest BCUT2D eigenvalue weighted by Gasteiger charge is 2.17. The number of pyridine rings is 2. The summed E-state index contributed by atoms with van der Waals surface area (Å²) in [4.78, 5) is 16.1. The zero-order valence-electron chi connectivity index (χ0n) is 19.5. The number of nitrogen functional groups attached to an aromatic ring is 1. The molecule has 0 spiro atoms. The zero-order valence-corrected chi connectivity index (χ0v) is 19.5. The summed E-state index contributed by atoms with van der Waals surface area (Å²) in [6, 6.07) is 16.3. The Morgan fingerprint density at radius 3 is 2.30 bits per heavy atom. The van der Waals surface area contributed by atoms with Crippen LogP contribution in [0.5, 0.6) is 0 Å². The molecule has 7 heteroatoms. The number of piperazine rings is 1. The van der Waals surface area contributed by atoms with Gasteiger partial charge in [0, 0.05) is 50.8 Å². The first kappa shape index (κ1) is 22.9. The maximum absolute atomic E-state index is 6.15. The lowest BCUT2D eigenvalue weighted by molar-refractivity contribution is 0.233. The molecule has 5 rings (SSSR count). The van der Waals surface area contributed by atoms with E-state index in [-0.39, 0.29) is 0 Å². The Labute approximate surface area is 195 Å². The molecule has 0 bridgehead atoms. The van der Waals surface area contributed by atoms with Gasteiger partial charge in [0.1, 0.15) is 11.3 Å². The Hall–Kier alpha value is -3.29. The maximum atomic E-state index is 6.15. The first-order valence-corrected chi connectivity index (χ1v) is 11.8. The van der Waals surface area contributed by atoms with E-state index >= 15 is 0 Å². The molecule has 0 aliphatic carbocycles. The smallest absolute Gasteiger partial charge is 0.164 e. The van der Waals surface area contributed by atoms with E-state index in [4.69, 9.17) is 10.7 Å². The van der Waals surface area contributed by atoms with Crippen molar-refractivity contribution in [1.82, 2.24) is 29.7 Å². The third-order valence-corrected chi connectivity index (χ3v) is 5.81. The van der Waals surface area contributed by atoms with E-state index in [0.29, 0.717) is 5.82 Å². The average Bonchev–Trinajstić information content (AvgIpc) is 3.25. The summed E-state index contributed by atoms with van der Waals surface area (Å²) >= 11 is 0. The molecule has 7 nitrogen and oxygen atoms in total. The molecule has 0 radical (unpaired) electrons. The van der Waals surface area contributed by atoms with Crippen molar-refractivity contribution in [1.29, 1.82) is 0 Å². The fraction of sp³-hybridized carbons (Fsp3) is 0.346. The number of nitrogens with two attached hydrogens (primary N) is 1. The van der Waals surface area contributed by atoms with Crippen LogP contribution in [0.4, 0.5) is 5.82 Å². The Bertz CT molecular complexity index is 1160. The minimum Gasteiger partial charge on any atom is -0.383 e. The van der Waals surface area contributed by atoms with Crippen molar-refractivity contribution in [3.05, 3.63) is 66.5 Å². The monoisotopic (exact) mass is 443 g/mol. The molecule has 1 aromatic carbocycles. The number of nitrogens with zero attached hydrogens (tertiary/aromatic N) is 5. The van der Waals surface area contributed by atoms with Gasteiger partial charge in [0.25, 0.3) is 0 Å². The summed E-state index contributed by atoms with van der Waals surface area (Å²) < 4.78 is 2.05. The van der Waals surface area contributed by atoms with Crippen molar-refractivity contribution in [3.63, 3.8) is 0 Å². The summed E-state index contributed by atoms with van der Waals surface area (Å²) in [5.41, 5.74) is 10.9. The molecule has 4 heterocycles. The fourth-order valence-corrected chi connectivity index (χ4v) is 3.82. The molecular weight excluding hydrogens is 410 g/mol. The fourth-order valence-electron chi connectivity index (χ4n) is 3.82. The number of aromatic nitrogens is 4. The molecular formula is C26H33N7. The molecule has 0 amide bonds. The molecule has 1 aliphatic heterocycles. The number of unbranched alkanes of at least 4 members (excludes halogenated alkanes) is 1. The van der Waals surface area contributed by atoms with E-state index < -0.39 is 0 Å². The maximum Gasteiger partial charge on any atom is 0.164 e. The first-order chi connectivity index (χ1) is 16.2. The van der Waals surface area contributed by atoms with Gasteiger partial charge in [-0.2, -0.15) is 0 Å². The Balaban J connectivity index is 0.000000601. The number of benzene rings is 1. The van der Waals surface area contributed by atoms with Crippen LogP contribution in [0.15, 0.2) is 60.9 Å². The predicted octanol–water partition coefficient (Wildman–Crippen LogP) is 4.28. The van der Waals surface area contributed by atoms with E-state index in [1.54, 1.807) is 12.4 Å². The van der Waals surface area contributed by atoms with Gasteiger partial charge in [-0.15, -0.1) is 0 Å². The van der Waals surface area contributed by atoms with Crippen LogP contribution >= 0.6 is 0 Å². The Morgan fingerprint density at radius 2 is 1.61 bits per heavy atom. The number of anilines is 1. The largest absolute Gasteiger partial charge is 0.383 e. The van der Waals surface area contributed by atoms with Gasteiger partial charge in [0.15, 0.2) is 11.5 Å². The second kappa shape index (κ2) is 11.0. The van der Waals surface area contributed by atoms with Gasteiger partial charge in [-0.1, -0.05) is 38.8 Å². The minimum atomic E-state index is 0.458. The van der Waals surface area contributed by atoms with Crippen molar-refractivity contribution in [3.8, 4) is 17.1 Å². The van der Waals surface area contributed by atoms with Crippen LogP contribution in [0.1, 0.15) is 32.3 Å². The van der Waals surface area contributed by atoms with E-state index in [1.165, 1.54) is 18.4 Å². The lowest BCUT2D eigenvalue weighted by atomic mass is 10.1. The van der Waals surface area contributed by atoms with Crippen molar-refractivity contribution in [2.45, 2.75) is 33.2 Å². The van der Waals surface area contributed by atoms with Crippen molar-refractivity contribution in [2.24, 2.45) is 0 Å². The van der Waals surface area contributed by atoms with Crippen LogP contribution < -0.4 is 11.1 Å². The van der Waals surface area contributed by atoms with Crippen molar-refractivity contribution < 1.29 is 0 Å². The molecule has 33 heavy (non-hydrogen) atoms. The molecule has 0 unspecified atom stereocenters. The number of rotatable bonds is 5. The second-order valence-electron chi connectivity index (χ2n) is 8.25. The van der Waals surface area contributed by atoms with E-state index in [0.717, 1.165) is 61.0 Å². The molecule has 1 fully saturated rings. The molecule has 3 N–H and O–H groups in total. The standard InChI is InChI=1S/C22H23N7.C4H10/c23-20-18(3-1-9-25-20)21-27-19-4-2-10-26-22(19)29(21)17-7-5-16(6-8-17)15-28-13-11-24-12-14-28;1-3-4-2/h1-10,24H,11-15H2,(H2,23,25);3-4H2,1-2H3. The third-order valence-electron chi connectivity index (χ3n) is 5.81. The highest BCUT2D eigenvalue weighted by molar-refractivity contribution is 5.82. The number of imidazole rings is 1. The van der Waals surface area contributed by atoms with Crippen molar-refractivity contribution >= 4 is 17.0 Å². The summed E-state index contributed by atoms with van der Waals surface area (Å²) in [6.07, 6.45) is 6.12. The SMILES string of the molecule is CCCC.Nc1ncccc1-c1nc2cccnc2n1-c1ccc(CN2CCNCC2)cc1. The Morgan fingerprint density at radius 1 is 0.909 bits per heavy atom. The van der Waals surface area contributed by atoms with Crippen LogP contribution in [-0.4, -0.2) is 50.6 Å². The van der Waals surface area contributed by atoms with E-state index in [9.17, 15) is 0 Å². The lowest BCUT2D eigenvalue weighted by Crippen LogP contribution is -2.42. The molecule has 0 atom stereocenters. The van der Waals surface area contributed by atoms with Crippen LogP contribution in [0.3, 0.4) is 0 Å². The lowest BCUT2D eigenvalue weighted by Gasteiger charge is -2.27. The van der Waals surface area contributed by atoms with Gasteiger partial charge in [-0.25, -0.2) is 15.0 Å². The van der Waals surface area contributed by atoms with Crippen LogP contribution in [0.2, 0.25) is 0 Å². The molecule has 3 aromatic heterocycles. The summed E-state index contributed by atoms with van der Waals surface area (Å²) in [6.45, 7) is 9.61. The van der Waals surface area contributed by atoms with Gasteiger partial charge < -0.3 is 11.1 Å². The zero-order chi connectivity index (χ0) is 23.0. The summed E-state index contributed by atoms with van der Waals surface area (Å²) in [5.74, 6) is 1.21. The van der Waals surface area contributed by atoms with E-state index in [2.05, 4.69) is 62.9 Å². The third kappa shape index (κ3) is 5.38. The topological polar surface area (TPSA) is 84.9 Å². The molecule has 0 saturated carbocycles. The van der Waals surface area contributed by atoms with Gasteiger partial charge in [-0.05, 0) is 42.0 Å². The van der Waals surface area contributed by atoms with Gasteiger partial charge in [0.2, 0.25) is 0 Å². The molecule has 1 saturated heterocycles. The highest BCUT2D eigenvalue weighted by atomic mass is 15.2. The van der Waals surface area contributed by atoms with Gasteiger partial charge >= 0.3 is 0 Å². The summed E-state index contributed by atoms with van der Waals surface area (Å²) in [5, 5.41) is 3.40. The van der Waals surface area contributed by atoms with Gasteiger partial charge in [-0.3, -0.25) is 9.47 Å². The Kier molecular flexibility index (Phi) is 7.65. The highest BCUT2D eigenvalue weighted by Crippen LogP contribution is 2.30.